The molecule has 98 valence electrons. The van der Waals surface area contributed by atoms with Crippen molar-refractivity contribution in [3.63, 3.8) is 0 Å². The highest BCUT2D eigenvalue weighted by molar-refractivity contribution is 6.30. The van der Waals surface area contributed by atoms with Gasteiger partial charge < -0.3 is 16.8 Å². The fourth-order valence-electron chi connectivity index (χ4n) is 1.63. The number of benzene rings is 2. The molecule has 0 aliphatic carbocycles. The Morgan fingerprint density at radius 1 is 1.21 bits per heavy atom. The molecule has 0 saturated heterocycles. The summed E-state index contributed by atoms with van der Waals surface area (Å²) in [5.74, 6) is -1.16. The smallest absolute Gasteiger partial charge is 0.250 e. The van der Waals surface area contributed by atoms with Crippen LogP contribution in [0, 0.1) is 5.82 Å². The van der Waals surface area contributed by atoms with Gasteiger partial charge in [-0.05, 0) is 30.3 Å². The van der Waals surface area contributed by atoms with Crippen molar-refractivity contribution in [1.82, 2.24) is 0 Å². The van der Waals surface area contributed by atoms with Gasteiger partial charge in [-0.1, -0.05) is 17.7 Å². The lowest BCUT2D eigenvalue weighted by Crippen LogP contribution is -2.14. The number of primary amides is 1. The third-order valence-corrected chi connectivity index (χ3v) is 2.81. The summed E-state index contributed by atoms with van der Waals surface area (Å²) >= 11 is 5.66. The van der Waals surface area contributed by atoms with Gasteiger partial charge >= 0.3 is 0 Å². The fraction of sp³-hybridized carbons (Fsp3) is 0. The molecule has 0 atom stereocenters. The van der Waals surface area contributed by atoms with E-state index in [9.17, 15) is 9.18 Å². The Hall–Kier alpha value is -2.27. The van der Waals surface area contributed by atoms with E-state index in [4.69, 9.17) is 23.1 Å². The predicted octanol–water partition coefficient (Wildman–Crippen LogP) is 2.90. The first kappa shape index (κ1) is 13.2. The highest BCUT2D eigenvalue weighted by Gasteiger charge is 2.11. The van der Waals surface area contributed by atoms with Crippen LogP contribution in [-0.4, -0.2) is 5.91 Å². The second-order valence-corrected chi connectivity index (χ2v) is 4.32. The summed E-state index contributed by atoms with van der Waals surface area (Å²) in [5, 5.41) is 3.09. The summed E-state index contributed by atoms with van der Waals surface area (Å²) in [4.78, 5) is 11.2. The van der Waals surface area contributed by atoms with E-state index in [0.717, 1.165) is 0 Å². The van der Waals surface area contributed by atoms with Crippen LogP contribution >= 0.6 is 11.6 Å². The monoisotopic (exact) mass is 279 g/mol. The largest absolute Gasteiger partial charge is 0.396 e. The molecule has 2 aromatic rings. The quantitative estimate of drug-likeness (QED) is 0.756. The second-order valence-electron chi connectivity index (χ2n) is 3.88. The summed E-state index contributed by atoms with van der Waals surface area (Å²) in [7, 11) is 0. The molecule has 0 radical (unpaired) electrons. The fourth-order valence-corrected chi connectivity index (χ4v) is 1.78. The highest BCUT2D eigenvalue weighted by atomic mass is 35.5. The van der Waals surface area contributed by atoms with E-state index in [0.29, 0.717) is 10.7 Å². The molecular formula is C13H11ClFN3O. The van der Waals surface area contributed by atoms with Crippen molar-refractivity contribution in [2.24, 2.45) is 5.73 Å². The van der Waals surface area contributed by atoms with Crippen LogP contribution < -0.4 is 16.8 Å². The Morgan fingerprint density at radius 3 is 2.58 bits per heavy atom. The minimum absolute atomic E-state index is 0.171. The van der Waals surface area contributed by atoms with Crippen LogP contribution in [0.25, 0.3) is 0 Å². The zero-order valence-corrected chi connectivity index (χ0v) is 10.5. The van der Waals surface area contributed by atoms with Crippen LogP contribution in [0.2, 0.25) is 5.02 Å². The van der Waals surface area contributed by atoms with Crippen molar-refractivity contribution in [3.8, 4) is 0 Å². The summed E-state index contributed by atoms with van der Waals surface area (Å²) in [6.07, 6.45) is 0. The maximum atomic E-state index is 13.6. The molecule has 0 aromatic heterocycles. The van der Waals surface area contributed by atoms with Crippen LogP contribution in [0.5, 0.6) is 0 Å². The maximum absolute atomic E-state index is 13.6. The average molecular weight is 280 g/mol. The molecule has 0 aliphatic rings. The van der Waals surface area contributed by atoms with Gasteiger partial charge in [-0.2, -0.15) is 0 Å². The van der Waals surface area contributed by atoms with Gasteiger partial charge in [-0.25, -0.2) is 4.39 Å². The van der Waals surface area contributed by atoms with E-state index in [1.807, 2.05) is 0 Å². The number of para-hydroxylation sites is 1. The molecule has 0 fully saturated rings. The minimum Gasteiger partial charge on any atom is -0.396 e. The van der Waals surface area contributed by atoms with Crippen molar-refractivity contribution in [2.45, 2.75) is 0 Å². The van der Waals surface area contributed by atoms with Crippen molar-refractivity contribution in [1.29, 1.82) is 0 Å². The SMILES string of the molecule is NC(=O)c1cccc(Nc2ccc(Cl)cc2F)c1N. The van der Waals surface area contributed by atoms with Crippen molar-refractivity contribution in [2.75, 3.05) is 11.1 Å². The normalized spacial score (nSPS) is 10.2. The highest BCUT2D eigenvalue weighted by Crippen LogP contribution is 2.28. The van der Waals surface area contributed by atoms with E-state index in [2.05, 4.69) is 5.32 Å². The molecule has 0 unspecified atom stereocenters. The number of hydrogen-bond acceptors (Lipinski definition) is 3. The number of carbonyl (C=O) groups is 1. The van der Waals surface area contributed by atoms with Crippen LogP contribution in [0.1, 0.15) is 10.4 Å². The average Bonchev–Trinajstić information content (AvgIpc) is 2.34. The van der Waals surface area contributed by atoms with E-state index < -0.39 is 11.7 Å². The van der Waals surface area contributed by atoms with Gasteiger partial charge in [0.05, 0.1) is 22.6 Å². The number of halogens is 2. The molecular weight excluding hydrogens is 269 g/mol. The summed E-state index contributed by atoms with van der Waals surface area (Å²) < 4.78 is 13.6. The van der Waals surface area contributed by atoms with Crippen LogP contribution in [0.15, 0.2) is 36.4 Å². The minimum atomic E-state index is -0.641. The van der Waals surface area contributed by atoms with Gasteiger partial charge in [-0.15, -0.1) is 0 Å². The number of hydrogen-bond donors (Lipinski definition) is 3. The molecule has 19 heavy (non-hydrogen) atoms. The Kier molecular flexibility index (Phi) is 3.57. The Morgan fingerprint density at radius 2 is 1.95 bits per heavy atom. The van der Waals surface area contributed by atoms with Crippen LogP contribution in [-0.2, 0) is 0 Å². The maximum Gasteiger partial charge on any atom is 0.250 e. The molecule has 0 heterocycles. The van der Waals surface area contributed by atoms with Crippen LogP contribution in [0.3, 0.4) is 0 Å². The topological polar surface area (TPSA) is 81.1 Å². The summed E-state index contributed by atoms with van der Waals surface area (Å²) in [6, 6.07) is 8.93. The van der Waals surface area contributed by atoms with E-state index in [1.165, 1.54) is 18.2 Å². The molecule has 1 amide bonds. The van der Waals surface area contributed by atoms with Gasteiger partial charge in [0.2, 0.25) is 0 Å². The number of nitrogen functional groups attached to an aromatic ring is 1. The standard InChI is InChI=1S/C13H11ClFN3O/c14-7-4-5-10(9(15)6-7)18-11-3-1-2-8(12(11)16)13(17)19/h1-6,18H,16H2,(H2,17,19). The lowest BCUT2D eigenvalue weighted by Gasteiger charge is -2.12. The predicted molar refractivity (Wildman–Crippen MR) is 74.1 cm³/mol. The van der Waals surface area contributed by atoms with Crippen molar-refractivity contribution in [3.05, 3.63) is 52.8 Å². The van der Waals surface area contributed by atoms with Gasteiger partial charge in [0, 0.05) is 5.02 Å². The van der Waals surface area contributed by atoms with Crippen molar-refractivity contribution < 1.29 is 9.18 Å². The lowest BCUT2D eigenvalue weighted by molar-refractivity contribution is 0.100. The molecule has 6 heteroatoms. The number of nitrogens with two attached hydrogens (primary N) is 2. The number of amides is 1. The second kappa shape index (κ2) is 5.16. The molecule has 0 saturated carbocycles. The van der Waals surface area contributed by atoms with Gasteiger partial charge in [0.25, 0.3) is 5.91 Å². The lowest BCUT2D eigenvalue weighted by atomic mass is 10.1. The molecule has 5 N–H and O–H groups in total. The Labute approximate surface area is 114 Å². The molecule has 0 aliphatic heterocycles. The first-order valence-corrected chi connectivity index (χ1v) is 5.77. The van der Waals surface area contributed by atoms with E-state index >= 15 is 0 Å². The first-order chi connectivity index (χ1) is 8.99. The zero-order valence-electron chi connectivity index (χ0n) is 9.78. The molecule has 2 aromatic carbocycles. The van der Waals surface area contributed by atoms with Crippen LogP contribution in [0.4, 0.5) is 21.5 Å². The molecule has 2 rings (SSSR count). The number of anilines is 3. The van der Waals surface area contributed by atoms with E-state index in [-0.39, 0.29) is 16.9 Å². The first-order valence-electron chi connectivity index (χ1n) is 5.39. The molecule has 0 bridgehead atoms. The molecule has 0 spiro atoms. The Balaban J connectivity index is 2.38. The van der Waals surface area contributed by atoms with Gasteiger partial charge in [-0.3, -0.25) is 4.79 Å². The molecule has 4 nitrogen and oxygen atoms in total. The third kappa shape index (κ3) is 2.77. The van der Waals surface area contributed by atoms with E-state index in [1.54, 1.807) is 18.2 Å². The third-order valence-electron chi connectivity index (χ3n) is 2.57. The number of nitrogens with one attached hydrogen (secondary N) is 1. The number of rotatable bonds is 3. The van der Waals surface area contributed by atoms with Gasteiger partial charge in [0.1, 0.15) is 5.82 Å². The van der Waals surface area contributed by atoms with Crippen molar-refractivity contribution >= 4 is 34.6 Å². The zero-order chi connectivity index (χ0) is 14.0. The van der Waals surface area contributed by atoms with Gasteiger partial charge in [0.15, 0.2) is 0 Å². The number of carbonyl (C=O) groups excluding carboxylic acids is 1. The Bertz CT molecular complexity index is 646. The summed E-state index contributed by atoms with van der Waals surface area (Å²) in [6.45, 7) is 0. The summed E-state index contributed by atoms with van der Waals surface area (Å²) in [5.41, 5.74) is 11.9.